The molecule has 8 heteroatoms. The van der Waals surface area contributed by atoms with Crippen molar-refractivity contribution in [1.82, 2.24) is 0 Å². The summed E-state index contributed by atoms with van der Waals surface area (Å²) in [5.41, 5.74) is 12.4. The Morgan fingerprint density at radius 1 is 1.33 bits per heavy atom. The summed E-state index contributed by atoms with van der Waals surface area (Å²) in [6.07, 6.45) is 4.86. The molecular weight excluding hydrogens is 256 g/mol. The van der Waals surface area contributed by atoms with Crippen LogP contribution in [0.25, 0.3) is 0 Å². The second-order valence-corrected chi connectivity index (χ2v) is 4.23. The molecule has 0 aromatic carbocycles. The first-order valence-electron chi connectivity index (χ1n) is 5.30. The van der Waals surface area contributed by atoms with E-state index in [-0.39, 0.29) is 24.2 Å². The molecule has 0 fully saturated rings. The van der Waals surface area contributed by atoms with Gasteiger partial charge < -0.3 is 10.8 Å². The van der Waals surface area contributed by atoms with Gasteiger partial charge in [-0.2, -0.15) is 0 Å². The van der Waals surface area contributed by atoms with Crippen LogP contribution < -0.4 is 11.5 Å². The first-order valence-corrected chi connectivity index (χ1v) is 5.30. The second-order valence-electron chi connectivity index (χ2n) is 4.23. The van der Waals surface area contributed by atoms with E-state index in [1.807, 2.05) is 6.08 Å². The topological polar surface area (TPSA) is 122 Å². The Balaban J connectivity index is 0.00000120. The van der Waals surface area contributed by atoms with Crippen LogP contribution in [0.3, 0.4) is 0 Å². The van der Waals surface area contributed by atoms with Gasteiger partial charge in [0.05, 0.1) is 6.10 Å². The Morgan fingerprint density at radius 2 is 2.11 bits per heavy atom. The fourth-order valence-corrected chi connectivity index (χ4v) is 2.12. The van der Waals surface area contributed by atoms with E-state index in [4.69, 9.17) is 11.5 Å². The molecule has 0 radical (unpaired) electrons. The van der Waals surface area contributed by atoms with Gasteiger partial charge >= 0.3 is 0 Å². The predicted octanol–water partition coefficient (Wildman–Crippen LogP) is -0.790. The first-order chi connectivity index (χ1) is 8.08. The van der Waals surface area contributed by atoms with Crippen molar-refractivity contribution in [2.24, 2.45) is 37.4 Å². The van der Waals surface area contributed by atoms with Gasteiger partial charge in [-0.3, -0.25) is 5.73 Å². The van der Waals surface area contributed by atoms with Crippen molar-refractivity contribution >= 4 is 36.1 Å². The number of hydrogen-bond acceptors (Lipinski definition) is 7. The largest absolute Gasteiger partial charge is 0.389 e. The third kappa shape index (κ3) is 1.86. The van der Waals surface area contributed by atoms with Crippen LogP contribution in [-0.2, 0) is 0 Å². The third-order valence-electron chi connectivity index (χ3n) is 3.01. The van der Waals surface area contributed by atoms with E-state index >= 15 is 0 Å². The predicted molar refractivity (Wildman–Crippen MR) is 72.4 cm³/mol. The molecule has 0 amide bonds. The van der Waals surface area contributed by atoms with Gasteiger partial charge in [0.25, 0.3) is 0 Å². The molecular formula is C10H13ClN6O. The molecule has 1 aliphatic carbocycles. The number of rotatable bonds is 1. The zero-order valence-corrected chi connectivity index (χ0v) is 10.2. The SMILES string of the molecule is Cl.NC1=NC(N)(C2C=C[C@@H](O)C2)N=C2N=CN=C12. The van der Waals surface area contributed by atoms with E-state index in [2.05, 4.69) is 20.0 Å². The Hall–Kier alpha value is -1.57. The fourth-order valence-electron chi connectivity index (χ4n) is 2.12. The Bertz CT molecular complexity index is 522. The van der Waals surface area contributed by atoms with Crippen molar-refractivity contribution in [3.8, 4) is 0 Å². The van der Waals surface area contributed by atoms with E-state index in [1.54, 1.807) is 6.08 Å². The van der Waals surface area contributed by atoms with Crippen molar-refractivity contribution in [3.63, 3.8) is 0 Å². The van der Waals surface area contributed by atoms with Gasteiger partial charge in [0.2, 0.25) is 5.79 Å². The van der Waals surface area contributed by atoms with Crippen molar-refractivity contribution in [2.75, 3.05) is 0 Å². The molecule has 5 N–H and O–H groups in total. The number of fused-ring (bicyclic) bond motifs is 1. The quantitative estimate of drug-likeness (QED) is 0.540. The Morgan fingerprint density at radius 3 is 2.78 bits per heavy atom. The van der Waals surface area contributed by atoms with Crippen LogP contribution in [0.1, 0.15) is 6.42 Å². The van der Waals surface area contributed by atoms with E-state index in [1.165, 1.54) is 6.34 Å². The smallest absolute Gasteiger partial charge is 0.213 e. The maximum Gasteiger partial charge on any atom is 0.213 e. The average molecular weight is 269 g/mol. The Kier molecular flexibility index (Phi) is 3.05. The molecule has 0 bridgehead atoms. The fraction of sp³-hybridized carbons (Fsp3) is 0.400. The highest BCUT2D eigenvalue weighted by Gasteiger charge is 2.41. The summed E-state index contributed by atoms with van der Waals surface area (Å²) in [6, 6.07) is 0. The van der Waals surface area contributed by atoms with Gasteiger partial charge in [-0.1, -0.05) is 12.2 Å². The number of aliphatic hydroxyl groups excluding tert-OH is 1. The number of halogens is 1. The molecule has 7 nitrogen and oxygen atoms in total. The lowest BCUT2D eigenvalue weighted by Crippen LogP contribution is -2.50. The van der Waals surface area contributed by atoms with E-state index in [0.717, 1.165) is 0 Å². The van der Waals surface area contributed by atoms with Gasteiger partial charge in [0, 0.05) is 5.92 Å². The number of aliphatic imine (C=N–C) groups is 4. The minimum Gasteiger partial charge on any atom is -0.389 e. The van der Waals surface area contributed by atoms with Crippen LogP contribution in [0.2, 0.25) is 0 Å². The van der Waals surface area contributed by atoms with E-state index in [0.29, 0.717) is 18.0 Å². The van der Waals surface area contributed by atoms with Crippen LogP contribution in [0, 0.1) is 5.92 Å². The minimum atomic E-state index is -1.19. The number of nitrogens with zero attached hydrogens (tertiary/aromatic N) is 4. The van der Waals surface area contributed by atoms with Crippen molar-refractivity contribution in [2.45, 2.75) is 18.3 Å². The third-order valence-corrected chi connectivity index (χ3v) is 3.01. The van der Waals surface area contributed by atoms with Gasteiger partial charge in [-0.25, -0.2) is 20.0 Å². The molecule has 18 heavy (non-hydrogen) atoms. The molecule has 3 aliphatic rings. The molecule has 3 rings (SSSR count). The number of nitrogens with two attached hydrogens (primary N) is 2. The zero-order valence-electron chi connectivity index (χ0n) is 9.39. The van der Waals surface area contributed by atoms with Crippen LogP contribution in [0.15, 0.2) is 32.1 Å². The molecule has 0 aromatic heterocycles. The molecule has 0 spiro atoms. The molecule has 3 atom stereocenters. The Labute approximate surface area is 110 Å². The average Bonchev–Trinajstić information content (AvgIpc) is 2.86. The highest BCUT2D eigenvalue weighted by atomic mass is 35.5. The molecule has 96 valence electrons. The number of amidine groups is 2. The summed E-state index contributed by atoms with van der Waals surface area (Å²) < 4.78 is 0. The van der Waals surface area contributed by atoms with Crippen LogP contribution >= 0.6 is 12.4 Å². The molecule has 2 unspecified atom stereocenters. The standard InChI is InChI=1S/C10H12N6O.ClH/c11-8-7-9(14-4-13-7)16-10(12,15-8)5-1-2-6(17)3-5;/h1-2,4-6,17H,3,12H2,(H2,11,15);1H/t5?,6-,10?;/m1./s1. The lowest BCUT2D eigenvalue weighted by molar-refractivity contribution is 0.189. The molecule has 0 saturated heterocycles. The summed E-state index contributed by atoms with van der Waals surface area (Å²) in [5, 5.41) is 9.47. The normalized spacial score (nSPS) is 36.7. The first kappa shape index (κ1) is 12.9. The van der Waals surface area contributed by atoms with E-state index < -0.39 is 11.9 Å². The molecule has 2 heterocycles. The second kappa shape index (κ2) is 4.27. The van der Waals surface area contributed by atoms with Gasteiger partial charge in [-0.15, -0.1) is 12.4 Å². The van der Waals surface area contributed by atoms with Crippen LogP contribution in [0.5, 0.6) is 0 Å². The number of hydrogen-bond donors (Lipinski definition) is 3. The number of aliphatic hydroxyl groups is 1. The van der Waals surface area contributed by atoms with Crippen LogP contribution in [-0.4, -0.2) is 40.7 Å². The maximum absolute atomic E-state index is 9.47. The summed E-state index contributed by atoms with van der Waals surface area (Å²) >= 11 is 0. The van der Waals surface area contributed by atoms with Gasteiger partial charge in [0.15, 0.2) is 17.4 Å². The van der Waals surface area contributed by atoms with Gasteiger partial charge in [0.1, 0.15) is 6.34 Å². The van der Waals surface area contributed by atoms with E-state index in [9.17, 15) is 5.11 Å². The summed E-state index contributed by atoms with van der Waals surface area (Å²) in [7, 11) is 0. The molecule has 2 aliphatic heterocycles. The lowest BCUT2D eigenvalue weighted by atomic mass is 9.99. The lowest BCUT2D eigenvalue weighted by Gasteiger charge is -2.29. The molecule has 0 saturated carbocycles. The van der Waals surface area contributed by atoms with Crippen LogP contribution in [0.4, 0.5) is 0 Å². The maximum atomic E-state index is 9.47. The highest BCUT2D eigenvalue weighted by Crippen LogP contribution is 2.31. The van der Waals surface area contributed by atoms with Gasteiger partial charge in [-0.05, 0) is 6.42 Å². The van der Waals surface area contributed by atoms with Crippen molar-refractivity contribution in [3.05, 3.63) is 12.2 Å². The summed E-state index contributed by atoms with van der Waals surface area (Å²) in [4.78, 5) is 16.4. The zero-order chi connectivity index (χ0) is 12.0. The minimum absolute atomic E-state index is 0. The van der Waals surface area contributed by atoms with Crippen molar-refractivity contribution in [1.29, 1.82) is 0 Å². The monoisotopic (exact) mass is 268 g/mol. The summed E-state index contributed by atoms with van der Waals surface area (Å²) in [6.45, 7) is 0. The summed E-state index contributed by atoms with van der Waals surface area (Å²) in [5.74, 6) is -0.714. The highest BCUT2D eigenvalue weighted by molar-refractivity contribution is 6.70. The molecule has 0 aromatic rings. The van der Waals surface area contributed by atoms with Crippen molar-refractivity contribution < 1.29 is 5.11 Å².